The summed E-state index contributed by atoms with van der Waals surface area (Å²) < 4.78 is 12.3. The molecule has 2 N–H and O–H groups in total. The topological polar surface area (TPSA) is 58.2 Å². The maximum atomic E-state index is 13.7. The van der Waals surface area contributed by atoms with Crippen LogP contribution in [-0.2, 0) is 4.79 Å². The highest BCUT2D eigenvalue weighted by Gasteiger charge is 2.67. The van der Waals surface area contributed by atoms with Gasteiger partial charge in [0.05, 0.1) is 16.5 Å². The van der Waals surface area contributed by atoms with Gasteiger partial charge in [0, 0.05) is 32.9 Å². The van der Waals surface area contributed by atoms with Crippen LogP contribution in [0.1, 0.15) is 27.4 Å². The molecule has 0 saturated heterocycles. The highest BCUT2D eigenvalue weighted by molar-refractivity contribution is 6.53. The van der Waals surface area contributed by atoms with Crippen molar-refractivity contribution < 1.29 is 14.0 Å². The highest BCUT2D eigenvalue weighted by Crippen LogP contribution is 2.65. The molecular weight excluding hydrogens is 557 g/mol. The van der Waals surface area contributed by atoms with Crippen LogP contribution in [0.2, 0.25) is 15.1 Å². The first-order valence-electron chi connectivity index (χ1n) is 10.2. The number of amides is 2. The fourth-order valence-corrected chi connectivity index (χ4v) is 5.37. The van der Waals surface area contributed by atoms with Crippen molar-refractivity contribution >= 4 is 87.3 Å². The van der Waals surface area contributed by atoms with Crippen LogP contribution in [-0.4, -0.2) is 16.1 Å². The molecule has 0 heterocycles. The molecule has 4 rings (SSSR count). The average molecular weight is 573 g/mol. The van der Waals surface area contributed by atoms with Crippen LogP contribution in [0.3, 0.4) is 0 Å². The fraction of sp³-hybridized carbons (Fsp3) is 0.120. The SMILES string of the molecule is C=Cc1cc(NC(=O)c2cc(NC(=O)C3C(c4cc(Cl)cc(Cl)c4)C3(Cl)Cl)ccc2Cl)ccc1F. The van der Waals surface area contributed by atoms with Crippen molar-refractivity contribution in [1.82, 2.24) is 0 Å². The molecule has 0 spiro atoms. The molecule has 0 bridgehead atoms. The molecule has 2 atom stereocenters. The molecule has 1 saturated carbocycles. The number of halogens is 6. The number of nitrogens with one attached hydrogen (secondary N) is 2. The maximum absolute atomic E-state index is 13.7. The molecule has 0 aliphatic heterocycles. The van der Waals surface area contributed by atoms with Gasteiger partial charge >= 0.3 is 0 Å². The number of hydrogen-bond donors (Lipinski definition) is 2. The fourth-order valence-electron chi connectivity index (χ4n) is 3.80. The minimum Gasteiger partial charge on any atom is -0.326 e. The minimum atomic E-state index is -1.35. The number of carbonyl (C=O) groups is 2. The Labute approximate surface area is 226 Å². The molecule has 1 aliphatic rings. The molecule has 4 nitrogen and oxygen atoms in total. The third-order valence-electron chi connectivity index (χ3n) is 5.53. The van der Waals surface area contributed by atoms with Gasteiger partial charge in [-0.25, -0.2) is 4.39 Å². The van der Waals surface area contributed by atoms with E-state index >= 15 is 0 Å². The van der Waals surface area contributed by atoms with E-state index in [1.807, 2.05) is 0 Å². The predicted molar refractivity (Wildman–Crippen MR) is 142 cm³/mol. The lowest BCUT2D eigenvalue weighted by Crippen LogP contribution is -2.18. The van der Waals surface area contributed by atoms with E-state index in [-0.39, 0.29) is 16.1 Å². The Morgan fingerprint density at radius 1 is 0.914 bits per heavy atom. The smallest absolute Gasteiger partial charge is 0.257 e. The first kappa shape index (κ1) is 25.8. The Kier molecular flexibility index (Phi) is 7.37. The zero-order valence-electron chi connectivity index (χ0n) is 17.7. The number of carbonyl (C=O) groups excluding carboxylic acids is 2. The molecule has 180 valence electrons. The third-order valence-corrected chi connectivity index (χ3v) is 7.24. The van der Waals surface area contributed by atoms with Crippen LogP contribution in [0.5, 0.6) is 0 Å². The molecule has 0 radical (unpaired) electrons. The third kappa shape index (κ3) is 5.45. The van der Waals surface area contributed by atoms with E-state index in [9.17, 15) is 14.0 Å². The second-order valence-electron chi connectivity index (χ2n) is 7.91. The maximum Gasteiger partial charge on any atom is 0.257 e. The predicted octanol–water partition coefficient (Wildman–Crippen LogP) is 8.21. The van der Waals surface area contributed by atoms with E-state index in [4.69, 9.17) is 58.0 Å². The molecule has 10 heteroatoms. The van der Waals surface area contributed by atoms with E-state index in [1.54, 1.807) is 24.3 Å². The summed E-state index contributed by atoms with van der Waals surface area (Å²) in [4.78, 5) is 25.8. The van der Waals surface area contributed by atoms with Crippen LogP contribution in [0.25, 0.3) is 6.08 Å². The molecule has 1 aliphatic carbocycles. The number of hydrogen-bond acceptors (Lipinski definition) is 2. The van der Waals surface area contributed by atoms with Gasteiger partial charge in [-0.05, 0) is 60.2 Å². The number of anilines is 2. The van der Waals surface area contributed by atoms with Crippen molar-refractivity contribution in [3.63, 3.8) is 0 Å². The Hall–Kier alpha value is -2.28. The molecule has 2 amide bonds. The second-order valence-corrected chi connectivity index (χ2v) is 10.6. The van der Waals surface area contributed by atoms with Crippen LogP contribution in [0.15, 0.2) is 61.2 Å². The summed E-state index contributed by atoms with van der Waals surface area (Å²) in [5.41, 5.74) is 1.65. The van der Waals surface area contributed by atoms with Crippen molar-refractivity contribution in [3.8, 4) is 0 Å². The van der Waals surface area contributed by atoms with Gasteiger partial charge in [-0.3, -0.25) is 9.59 Å². The normalized spacial score (nSPS) is 18.0. The van der Waals surface area contributed by atoms with Crippen LogP contribution >= 0.6 is 58.0 Å². The van der Waals surface area contributed by atoms with E-state index in [0.29, 0.717) is 27.0 Å². The summed E-state index contributed by atoms with van der Waals surface area (Å²) in [6.45, 7) is 3.54. The number of rotatable bonds is 6. The summed E-state index contributed by atoms with van der Waals surface area (Å²) in [5.74, 6) is -2.75. The quantitative estimate of drug-likeness (QED) is 0.293. The summed E-state index contributed by atoms with van der Waals surface area (Å²) in [5, 5.41) is 6.34. The van der Waals surface area contributed by atoms with Crippen molar-refractivity contribution in [2.75, 3.05) is 10.6 Å². The molecule has 3 aromatic carbocycles. The van der Waals surface area contributed by atoms with Crippen molar-refractivity contribution in [2.24, 2.45) is 5.92 Å². The van der Waals surface area contributed by atoms with Gasteiger partial charge in [0.1, 0.15) is 10.2 Å². The summed E-state index contributed by atoms with van der Waals surface area (Å²) in [6.07, 6.45) is 1.34. The number of alkyl halides is 2. The second kappa shape index (κ2) is 10.00. The van der Waals surface area contributed by atoms with E-state index < -0.39 is 33.8 Å². The first-order valence-corrected chi connectivity index (χ1v) is 12.1. The standard InChI is InChI=1S/C25H16Cl5FN2O2/c1-2-12-9-16(4-6-20(12)31)32-23(34)18-11-17(3-5-19(18)28)33-24(35)22-21(25(22,29)30)13-7-14(26)10-15(27)8-13/h2-11,21-22H,1H2,(H,32,34)(H,33,35). The van der Waals surface area contributed by atoms with Gasteiger partial charge in [0.2, 0.25) is 5.91 Å². The summed E-state index contributed by atoms with van der Waals surface area (Å²) >= 11 is 31.2. The summed E-state index contributed by atoms with van der Waals surface area (Å²) in [7, 11) is 0. The first-order chi connectivity index (χ1) is 16.5. The Bertz CT molecular complexity index is 1340. The van der Waals surface area contributed by atoms with Gasteiger partial charge in [0.25, 0.3) is 5.91 Å². The highest BCUT2D eigenvalue weighted by atomic mass is 35.5. The van der Waals surface area contributed by atoms with Gasteiger partial charge in [0.15, 0.2) is 0 Å². The zero-order chi connectivity index (χ0) is 25.5. The minimum absolute atomic E-state index is 0.103. The van der Waals surface area contributed by atoms with E-state index in [2.05, 4.69) is 17.2 Å². The monoisotopic (exact) mass is 570 g/mol. The zero-order valence-corrected chi connectivity index (χ0v) is 21.5. The van der Waals surface area contributed by atoms with Crippen LogP contribution < -0.4 is 10.6 Å². The van der Waals surface area contributed by atoms with Gasteiger partial charge in [-0.2, -0.15) is 0 Å². The Morgan fingerprint density at radius 3 is 2.20 bits per heavy atom. The lowest BCUT2D eigenvalue weighted by atomic mass is 10.1. The molecule has 2 unspecified atom stereocenters. The lowest BCUT2D eigenvalue weighted by Gasteiger charge is -2.11. The van der Waals surface area contributed by atoms with Crippen LogP contribution in [0, 0.1) is 11.7 Å². The van der Waals surface area contributed by atoms with Crippen molar-refractivity contribution in [3.05, 3.63) is 98.8 Å². The Morgan fingerprint density at radius 2 is 1.54 bits per heavy atom. The van der Waals surface area contributed by atoms with E-state index in [0.717, 1.165) is 0 Å². The average Bonchev–Trinajstić information content (AvgIpc) is 3.37. The largest absolute Gasteiger partial charge is 0.326 e. The molecule has 0 aromatic heterocycles. The van der Waals surface area contributed by atoms with Gasteiger partial charge < -0.3 is 10.6 Å². The summed E-state index contributed by atoms with van der Waals surface area (Å²) in [6, 6.07) is 13.4. The molecular formula is C25H16Cl5FN2O2. The van der Waals surface area contributed by atoms with Crippen molar-refractivity contribution in [2.45, 2.75) is 10.3 Å². The lowest BCUT2D eigenvalue weighted by molar-refractivity contribution is -0.117. The number of benzene rings is 3. The molecule has 3 aromatic rings. The van der Waals surface area contributed by atoms with Crippen LogP contribution in [0.4, 0.5) is 15.8 Å². The molecule has 1 fully saturated rings. The van der Waals surface area contributed by atoms with Gasteiger partial charge in [-0.15, -0.1) is 23.2 Å². The molecule has 35 heavy (non-hydrogen) atoms. The van der Waals surface area contributed by atoms with Crippen molar-refractivity contribution in [1.29, 1.82) is 0 Å². The Balaban J connectivity index is 1.51. The van der Waals surface area contributed by atoms with Gasteiger partial charge in [-0.1, -0.05) is 47.5 Å². The van der Waals surface area contributed by atoms with E-state index in [1.165, 1.54) is 36.4 Å².